The van der Waals surface area contributed by atoms with Crippen LogP contribution >= 0.6 is 11.3 Å². The Morgan fingerprint density at radius 2 is 1.91 bits per heavy atom. The summed E-state index contributed by atoms with van der Waals surface area (Å²) >= 11 is 1.68. The summed E-state index contributed by atoms with van der Waals surface area (Å²) in [5.74, 6) is 1.82. The maximum Gasteiger partial charge on any atom is 0.130 e. The SMILES string of the molecule is CCc1nc(Cc2ccco2)c2c(-c3ccccc3)csc2n1. The monoisotopic (exact) mass is 320 g/mol. The lowest BCUT2D eigenvalue weighted by atomic mass is 10.0. The minimum Gasteiger partial charge on any atom is -0.469 e. The van der Waals surface area contributed by atoms with Crippen LogP contribution in [0.2, 0.25) is 0 Å². The van der Waals surface area contributed by atoms with Crippen molar-refractivity contribution in [3.8, 4) is 11.1 Å². The van der Waals surface area contributed by atoms with Crippen LogP contribution < -0.4 is 0 Å². The number of thiophene rings is 1. The molecule has 4 heteroatoms. The number of aryl methyl sites for hydroxylation is 1. The molecule has 0 aliphatic heterocycles. The molecule has 0 amide bonds. The number of furan rings is 1. The van der Waals surface area contributed by atoms with Gasteiger partial charge in [-0.2, -0.15) is 0 Å². The number of hydrogen-bond acceptors (Lipinski definition) is 4. The summed E-state index contributed by atoms with van der Waals surface area (Å²) in [6.45, 7) is 2.09. The van der Waals surface area contributed by atoms with E-state index in [9.17, 15) is 0 Å². The van der Waals surface area contributed by atoms with Gasteiger partial charge in [-0.1, -0.05) is 37.3 Å². The van der Waals surface area contributed by atoms with E-state index in [1.165, 1.54) is 11.1 Å². The first-order chi connectivity index (χ1) is 11.3. The average molecular weight is 320 g/mol. The van der Waals surface area contributed by atoms with Crippen LogP contribution in [0, 0.1) is 0 Å². The first-order valence-corrected chi connectivity index (χ1v) is 8.58. The van der Waals surface area contributed by atoms with Crippen LogP contribution in [-0.4, -0.2) is 9.97 Å². The Bertz CT molecular complexity index is 927. The lowest BCUT2D eigenvalue weighted by Crippen LogP contribution is -2.00. The van der Waals surface area contributed by atoms with Crippen LogP contribution in [0.4, 0.5) is 0 Å². The van der Waals surface area contributed by atoms with E-state index in [-0.39, 0.29) is 0 Å². The summed E-state index contributed by atoms with van der Waals surface area (Å²) < 4.78 is 5.52. The second-order valence-corrected chi connectivity index (χ2v) is 6.25. The van der Waals surface area contributed by atoms with Gasteiger partial charge in [-0.3, -0.25) is 0 Å². The third kappa shape index (κ3) is 2.66. The zero-order valence-electron chi connectivity index (χ0n) is 12.8. The van der Waals surface area contributed by atoms with Crippen LogP contribution in [0.1, 0.15) is 24.2 Å². The Morgan fingerprint density at radius 1 is 1.04 bits per heavy atom. The predicted molar refractivity (Wildman–Crippen MR) is 93.7 cm³/mol. The van der Waals surface area contributed by atoms with E-state index in [1.807, 2.05) is 18.2 Å². The van der Waals surface area contributed by atoms with Crippen molar-refractivity contribution >= 4 is 21.6 Å². The van der Waals surface area contributed by atoms with Crippen molar-refractivity contribution in [2.45, 2.75) is 19.8 Å². The summed E-state index contributed by atoms with van der Waals surface area (Å²) in [6, 6.07) is 14.3. The molecule has 3 heterocycles. The van der Waals surface area contributed by atoms with Crippen LogP contribution in [0.25, 0.3) is 21.3 Å². The fourth-order valence-electron chi connectivity index (χ4n) is 2.76. The van der Waals surface area contributed by atoms with E-state index in [2.05, 4.69) is 36.6 Å². The Balaban J connectivity index is 1.92. The average Bonchev–Trinajstić information content (AvgIpc) is 3.25. The summed E-state index contributed by atoms with van der Waals surface area (Å²) in [6.07, 6.45) is 3.23. The molecule has 0 aliphatic carbocycles. The van der Waals surface area contributed by atoms with Gasteiger partial charge in [-0.15, -0.1) is 11.3 Å². The summed E-state index contributed by atoms with van der Waals surface area (Å²) in [4.78, 5) is 10.5. The quantitative estimate of drug-likeness (QED) is 0.525. The Labute approximate surface area is 138 Å². The van der Waals surface area contributed by atoms with Crippen LogP contribution in [-0.2, 0) is 12.8 Å². The maximum absolute atomic E-state index is 5.52. The zero-order valence-corrected chi connectivity index (χ0v) is 13.6. The first kappa shape index (κ1) is 14.2. The highest BCUT2D eigenvalue weighted by atomic mass is 32.1. The fraction of sp³-hybridized carbons (Fsp3) is 0.158. The number of aromatic nitrogens is 2. The van der Waals surface area contributed by atoms with Crippen LogP contribution in [0.15, 0.2) is 58.5 Å². The zero-order chi connectivity index (χ0) is 15.6. The smallest absolute Gasteiger partial charge is 0.130 e. The number of fused-ring (bicyclic) bond motifs is 1. The lowest BCUT2D eigenvalue weighted by Gasteiger charge is -2.07. The Hall–Kier alpha value is -2.46. The summed E-state index contributed by atoms with van der Waals surface area (Å²) in [5, 5.41) is 3.33. The van der Waals surface area contributed by atoms with E-state index in [0.29, 0.717) is 6.42 Å². The van der Waals surface area contributed by atoms with E-state index >= 15 is 0 Å². The van der Waals surface area contributed by atoms with Crippen molar-refractivity contribution in [2.75, 3.05) is 0 Å². The molecule has 0 aliphatic rings. The van der Waals surface area contributed by atoms with Crippen LogP contribution in [0.5, 0.6) is 0 Å². The largest absolute Gasteiger partial charge is 0.469 e. The van der Waals surface area contributed by atoms with Gasteiger partial charge in [0, 0.05) is 29.2 Å². The van der Waals surface area contributed by atoms with E-state index < -0.39 is 0 Å². The van der Waals surface area contributed by atoms with Crippen LogP contribution in [0.3, 0.4) is 0 Å². The van der Waals surface area contributed by atoms with Crippen molar-refractivity contribution < 1.29 is 4.42 Å². The highest BCUT2D eigenvalue weighted by molar-refractivity contribution is 7.17. The fourth-order valence-corrected chi connectivity index (χ4v) is 3.74. The number of rotatable bonds is 4. The van der Waals surface area contributed by atoms with Crippen molar-refractivity contribution in [1.82, 2.24) is 9.97 Å². The van der Waals surface area contributed by atoms with Gasteiger partial charge in [-0.05, 0) is 17.7 Å². The standard InChI is InChI=1S/C19H16N2OS/c1-2-17-20-16(11-14-9-6-10-22-14)18-15(12-23-19(18)21-17)13-7-4-3-5-8-13/h3-10,12H,2,11H2,1H3. The minimum atomic E-state index is 0.690. The normalized spacial score (nSPS) is 11.2. The second-order valence-electron chi connectivity index (χ2n) is 5.39. The predicted octanol–water partition coefficient (Wildman–Crippen LogP) is 5.10. The number of benzene rings is 1. The maximum atomic E-state index is 5.52. The van der Waals surface area contributed by atoms with Gasteiger partial charge in [0.1, 0.15) is 16.4 Å². The van der Waals surface area contributed by atoms with Gasteiger partial charge in [-0.25, -0.2) is 9.97 Å². The van der Waals surface area contributed by atoms with Crippen molar-refractivity contribution in [3.63, 3.8) is 0 Å². The molecule has 0 unspecified atom stereocenters. The Morgan fingerprint density at radius 3 is 2.65 bits per heavy atom. The van der Waals surface area contributed by atoms with Gasteiger partial charge >= 0.3 is 0 Å². The van der Waals surface area contributed by atoms with Gasteiger partial charge in [0.15, 0.2) is 0 Å². The molecule has 1 aromatic carbocycles. The first-order valence-electron chi connectivity index (χ1n) is 7.70. The molecule has 0 N–H and O–H groups in total. The molecule has 0 saturated heterocycles. The molecule has 23 heavy (non-hydrogen) atoms. The molecule has 0 saturated carbocycles. The molecular weight excluding hydrogens is 304 g/mol. The number of hydrogen-bond donors (Lipinski definition) is 0. The van der Waals surface area contributed by atoms with Gasteiger partial charge in [0.25, 0.3) is 0 Å². The van der Waals surface area contributed by atoms with Gasteiger partial charge in [0.2, 0.25) is 0 Å². The molecule has 0 spiro atoms. The molecule has 4 rings (SSSR count). The van der Waals surface area contributed by atoms with E-state index in [4.69, 9.17) is 14.4 Å². The highest BCUT2D eigenvalue weighted by Gasteiger charge is 2.15. The molecule has 0 radical (unpaired) electrons. The molecule has 3 aromatic heterocycles. The van der Waals surface area contributed by atoms with Gasteiger partial charge < -0.3 is 4.42 Å². The van der Waals surface area contributed by atoms with Gasteiger partial charge in [0.05, 0.1) is 12.0 Å². The number of nitrogens with zero attached hydrogens (tertiary/aromatic N) is 2. The third-order valence-electron chi connectivity index (χ3n) is 3.88. The molecule has 0 bridgehead atoms. The lowest BCUT2D eigenvalue weighted by molar-refractivity contribution is 0.519. The molecule has 3 nitrogen and oxygen atoms in total. The topological polar surface area (TPSA) is 38.9 Å². The van der Waals surface area contributed by atoms with Crippen molar-refractivity contribution in [3.05, 3.63) is 71.4 Å². The molecule has 0 atom stereocenters. The van der Waals surface area contributed by atoms with E-state index in [1.54, 1.807) is 17.6 Å². The second kappa shape index (κ2) is 5.97. The Kier molecular flexibility index (Phi) is 3.67. The molecule has 4 aromatic rings. The molecule has 0 fully saturated rings. The summed E-state index contributed by atoms with van der Waals surface area (Å²) in [7, 11) is 0. The van der Waals surface area contributed by atoms with E-state index in [0.717, 1.165) is 33.9 Å². The molecule has 114 valence electrons. The van der Waals surface area contributed by atoms with Crippen molar-refractivity contribution in [1.29, 1.82) is 0 Å². The highest BCUT2D eigenvalue weighted by Crippen LogP contribution is 2.35. The molecular formula is C19H16N2OS. The summed E-state index contributed by atoms with van der Waals surface area (Å²) in [5.41, 5.74) is 3.45. The minimum absolute atomic E-state index is 0.690. The van der Waals surface area contributed by atoms with Crippen molar-refractivity contribution in [2.24, 2.45) is 0 Å². The third-order valence-corrected chi connectivity index (χ3v) is 4.75.